The zero-order chi connectivity index (χ0) is 20.4. The Kier molecular flexibility index (Phi) is 9.13. The second kappa shape index (κ2) is 11.1. The average Bonchev–Trinajstić information content (AvgIpc) is 2.69. The van der Waals surface area contributed by atoms with Gasteiger partial charge in [-0.1, -0.05) is 26.0 Å². The summed E-state index contributed by atoms with van der Waals surface area (Å²) >= 11 is 0. The first-order valence-electron chi connectivity index (χ1n) is 8.82. The number of esters is 2. The molecule has 6 nitrogen and oxygen atoms in total. The van der Waals surface area contributed by atoms with Crippen LogP contribution in [0.1, 0.15) is 39.7 Å². The lowest BCUT2D eigenvalue weighted by atomic mass is 10.1. The van der Waals surface area contributed by atoms with E-state index < -0.39 is 0 Å². The minimum absolute atomic E-state index is 0.138. The van der Waals surface area contributed by atoms with Gasteiger partial charge in [-0.15, -0.1) is 0 Å². The summed E-state index contributed by atoms with van der Waals surface area (Å²) in [5.41, 5.74) is 1.31. The summed E-state index contributed by atoms with van der Waals surface area (Å²) in [6, 6.07) is 3.44. The number of methoxy groups -OCH3 is 2. The average molecular weight is 376 g/mol. The molecular weight excluding hydrogens is 348 g/mol. The molecule has 148 valence electrons. The van der Waals surface area contributed by atoms with Crippen molar-refractivity contribution in [1.29, 1.82) is 0 Å². The Bertz CT molecular complexity index is 692. The summed E-state index contributed by atoms with van der Waals surface area (Å²) in [4.78, 5) is 23.7. The fraction of sp³-hybridized carbons (Fsp3) is 0.429. The molecule has 0 saturated heterocycles. The number of carbonyl (C=O) groups is 2. The highest BCUT2D eigenvalue weighted by Crippen LogP contribution is 2.39. The van der Waals surface area contributed by atoms with Crippen LogP contribution in [0.2, 0.25) is 0 Å². The minimum atomic E-state index is -0.357. The Morgan fingerprint density at radius 3 is 2.22 bits per heavy atom. The maximum Gasteiger partial charge on any atom is 0.333 e. The molecule has 1 rings (SSSR count). The molecule has 0 fully saturated rings. The van der Waals surface area contributed by atoms with Crippen molar-refractivity contribution in [2.75, 3.05) is 20.8 Å². The molecule has 1 unspecified atom stereocenters. The number of carbonyl (C=O) groups excluding carboxylic acids is 2. The largest absolute Gasteiger partial charge is 0.493 e. The molecule has 0 aliphatic heterocycles. The van der Waals surface area contributed by atoms with E-state index in [4.69, 9.17) is 18.9 Å². The number of allylic oxidation sites excluding steroid dienone is 1. The molecule has 6 heteroatoms. The van der Waals surface area contributed by atoms with E-state index in [9.17, 15) is 9.59 Å². The van der Waals surface area contributed by atoms with E-state index in [-0.39, 0.29) is 30.2 Å². The van der Waals surface area contributed by atoms with Gasteiger partial charge in [0.2, 0.25) is 5.75 Å². The number of ether oxygens (including phenoxy) is 4. The molecular formula is C21H28O6. The van der Waals surface area contributed by atoms with Gasteiger partial charge in [0.15, 0.2) is 11.5 Å². The predicted octanol–water partition coefficient (Wildman–Crippen LogP) is 4.18. The second-order valence-electron chi connectivity index (χ2n) is 5.96. The third-order valence-electron chi connectivity index (χ3n) is 4.08. The monoisotopic (exact) mass is 376 g/mol. The molecule has 0 aliphatic carbocycles. The number of hydrogen-bond acceptors (Lipinski definition) is 6. The van der Waals surface area contributed by atoms with Gasteiger partial charge in [0.1, 0.15) is 6.61 Å². The molecule has 1 aromatic rings. The van der Waals surface area contributed by atoms with Crippen LogP contribution in [-0.2, 0) is 14.3 Å². The minimum Gasteiger partial charge on any atom is -0.493 e. The highest BCUT2D eigenvalue weighted by Gasteiger charge is 2.20. The van der Waals surface area contributed by atoms with Gasteiger partial charge in [0.05, 0.1) is 20.1 Å². The van der Waals surface area contributed by atoms with Crippen LogP contribution >= 0.6 is 0 Å². The fourth-order valence-corrected chi connectivity index (χ4v) is 2.00. The zero-order valence-corrected chi connectivity index (χ0v) is 16.8. The van der Waals surface area contributed by atoms with Crippen LogP contribution in [-0.4, -0.2) is 32.8 Å². The van der Waals surface area contributed by atoms with Gasteiger partial charge in [0.25, 0.3) is 0 Å². The highest BCUT2D eigenvalue weighted by molar-refractivity contribution is 5.87. The molecule has 0 radical (unpaired) electrons. The molecule has 0 aromatic heterocycles. The molecule has 1 aromatic carbocycles. The smallest absolute Gasteiger partial charge is 0.333 e. The quantitative estimate of drug-likeness (QED) is 0.366. The van der Waals surface area contributed by atoms with Crippen molar-refractivity contribution in [3.63, 3.8) is 0 Å². The summed E-state index contributed by atoms with van der Waals surface area (Å²) in [6.45, 7) is 7.33. The maximum absolute atomic E-state index is 12.1. The summed E-state index contributed by atoms with van der Waals surface area (Å²) in [6.07, 6.45) is 5.85. The van der Waals surface area contributed by atoms with Gasteiger partial charge in [-0.05, 0) is 44.0 Å². The van der Waals surface area contributed by atoms with Crippen molar-refractivity contribution >= 4 is 18.0 Å². The number of rotatable bonds is 9. The molecule has 27 heavy (non-hydrogen) atoms. The van der Waals surface area contributed by atoms with Crippen molar-refractivity contribution in [2.24, 2.45) is 5.92 Å². The first-order chi connectivity index (χ1) is 12.9. The fourth-order valence-electron chi connectivity index (χ4n) is 2.00. The third kappa shape index (κ3) is 6.47. The van der Waals surface area contributed by atoms with Gasteiger partial charge in [-0.2, -0.15) is 0 Å². The summed E-state index contributed by atoms with van der Waals surface area (Å²) in [7, 11) is 2.98. The lowest BCUT2D eigenvalue weighted by molar-refractivity contribution is -0.139. The summed E-state index contributed by atoms with van der Waals surface area (Å²) < 4.78 is 21.3. The van der Waals surface area contributed by atoms with Crippen LogP contribution in [0.5, 0.6) is 17.2 Å². The molecule has 0 bridgehead atoms. The van der Waals surface area contributed by atoms with E-state index in [1.165, 1.54) is 14.2 Å². The lowest BCUT2D eigenvalue weighted by Gasteiger charge is -2.16. The van der Waals surface area contributed by atoms with Gasteiger partial charge < -0.3 is 18.9 Å². The van der Waals surface area contributed by atoms with Crippen LogP contribution in [0.3, 0.4) is 0 Å². The van der Waals surface area contributed by atoms with E-state index in [1.54, 1.807) is 51.1 Å². The molecule has 1 atom stereocenters. The second-order valence-corrected chi connectivity index (χ2v) is 5.96. The van der Waals surface area contributed by atoms with Crippen molar-refractivity contribution in [2.45, 2.75) is 34.1 Å². The Balaban J connectivity index is 2.96. The highest BCUT2D eigenvalue weighted by atomic mass is 16.6. The topological polar surface area (TPSA) is 71.1 Å². The third-order valence-corrected chi connectivity index (χ3v) is 4.08. The van der Waals surface area contributed by atoms with Crippen molar-refractivity contribution in [3.05, 3.63) is 35.4 Å². The normalized spacial score (nSPS) is 12.6. The number of benzene rings is 1. The molecule has 0 heterocycles. The van der Waals surface area contributed by atoms with Crippen molar-refractivity contribution < 1.29 is 28.5 Å². The maximum atomic E-state index is 12.1. The zero-order valence-electron chi connectivity index (χ0n) is 16.8. The van der Waals surface area contributed by atoms with E-state index in [0.717, 1.165) is 5.56 Å². The van der Waals surface area contributed by atoms with Gasteiger partial charge >= 0.3 is 11.9 Å². The molecule has 0 N–H and O–H groups in total. The Hall–Kier alpha value is -2.76. The van der Waals surface area contributed by atoms with E-state index in [1.807, 2.05) is 6.92 Å². The summed E-state index contributed by atoms with van der Waals surface area (Å²) in [5.74, 6) is 0.0833. The van der Waals surface area contributed by atoms with Crippen LogP contribution < -0.4 is 14.2 Å². The molecule has 0 aliphatic rings. The van der Waals surface area contributed by atoms with E-state index in [2.05, 4.69) is 0 Å². The van der Waals surface area contributed by atoms with Crippen LogP contribution in [0.15, 0.2) is 29.9 Å². The van der Waals surface area contributed by atoms with Crippen LogP contribution in [0.4, 0.5) is 0 Å². The van der Waals surface area contributed by atoms with Crippen molar-refractivity contribution in [1.82, 2.24) is 0 Å². The van der Waals surface area contributed by atoms with Crippen LogP contribution in [0.25, 0.3) is 6.08 Å². The predicted molar refractivity (Wildman–Crippen MR) is 104 cm³/mol. The SMILES string of the molecule is C/C=C(\C)C(=O)OC/C=C/c1cc(OC)c(OC(=O)C(C)CC)c(OC)c1. The first kappa shape index (κ1) is 22.3. The Morgan fingerprint density at radius 1 is 1.15 bits per heavy atom. The van der Waals surface area contributed by atoms with Gasteiger partial charge in [-0.3, -0.25) is 4.79 Å². The number of hydrogen-bond donors (Lipinski definition) is 0. The molecule has 0 saturated carbocycles. The Labute approximate surface area is 160 Å². The van der Waals surface area contributed by atoms with Gasteiger partial charge in [-0.25, -0.2) is 4.79 Å². The standard InChI is InChI=1S/C21H28O6/c1-7-14(3)20(22)26-11-9-10-16-12-17(24-5)19(18(13-16)25-6)27-21(23)15(4)8-2/h7,9-10,12-13,15H,8,11H2,1-6H3/b10-9+,14-7+. The first-order valence-corrected chi connectivity index (χ1v) is 8.82. The van der Waals surface area contributed by atoms with Gasteiger partial charge in [0, 0.05) is 5.57 Å². The Morgan fingerprint density at radius 2 is 1.74 bits per heavy atom. The molecule has 0 amide bonds. The van der Waals surface area contributed by atoms with Crippen molar-refractivity contribution in [3.8, 4) is 17.2 Å². The van der Waals surface area contributed by atoms with E-state index in [0.29, 0.717) is 23.5 Å². The lowest BCUT2D eigenvalue weighted by Crippen LogP contribution is -2.17. The van der Waals surface area contributed by atoms with Crippen LogP contribution in [0, 0.1) is 5.92 Å². The molecule has 0 spiro atoms. The summed E-state index contributed by atoms with van der Waals surface area (Å²) in [5, 5.41) is 0. The van der Waals surface area contributed by atoms with E-state index >= 15 is 0 Å².